The van der Waals surface area contributed by atoms with Gasteiger partial charge in [0.15, 0.2) is 0 Å². The van der Waals surface area contributed by atoms with Crippen molar-refractivity contribution in [3.05, 3.63) is 0 Å². The summed E-state index contributed by atoms with van der Waals surface area (Å²) in [5, 5.41) is 0. The largest absolute Gasteiger partial charge is 0.330 e. The lowest BCUT2D eigenvalue weighted by molar-refractivity contribution is 0.203. The zero-order valence-electron chi connectivity index (χ0n) is 14.7. The van der Waals surface area contributed by atoms with Gasteiger partial charge in [-0.05, 0) is 81.5 Å². The predicted molar refractivity (Wildman–Crippen MR) is 89.9 cm³/mol. The van der Waals surface area contributed by atoms with E-state index >= 15 is 0 Å². The maximum atomic E-state index is 5.70. The van der Waals surface area contributed by atoms with Gasteiger partial charge in [-0.3, -0.25) is 0 Å². The van der Waals surface area contributed by atoms with E-state index in [-0.39, 0.29) is 0 Å². The monoisotopic (exact) mass is 282 g/mol. The molecule has 0 saturated carbocycles. The summed E-state index contributed by atoms with van der Waals surface area (Å²) in [6.07, 6.45) is 7.97. The van der Waals surface area contributed by atoms with E-state index in [2.05, 4.69) is 39.5 Å². The Bertz CT molecular complexity index is 265. The SMILES string of the molecule is CC(C)(CCN)CCCN1CCCC(C(C)(C)C)CC1. The Hall–Kier alpha value is -0.0800. The van der Waals surface area contributed by atoms with Gasteiger partial charge >= 0.3 is 0 Å². The molecule has 0 radical (unpaired) electrons. The third-order valence-electron chi connectivity index (χ3n) is 5.19. The number of hydrogen-bond acceptors (Lipinski definition) is 2. The molecular weight excluding hydrogens is 244 g/mol. The molecule has 20 heavy (non-hydrogen) atoms. The molecule has 0 spiro atoms. The number of nitrogens with two attached hydrogens (primary N) is 1. The number of rotatable bonds is 6. The number of hydrogen-bond donors (Lipinski definition) is 1. The minimum absolute atomic E-state index is 0.425. The molecule has 0 aromatic carbocycles. The van der Waals surface area contributed by atoms with Gasteiger partial charge in [0.1, 0.15) is 0 Å². The van der Waals surface area contributed by atoms with Gasteiger partial charge in [-0.2, -0.15) is 0 Å². The van der Waals surface area contributed by atoms with E-state index in [4.69, 9.17) is 5.73 Å². The quantitative estimate of drug-likeness (QED) is 0.787. The van der Waals surface area contributed by atoms with Crippen LogP contribution in [0.4, 0.5) is 0 Å². The molecule has 2 N–H and O–H groups in total. The summed E-state index contributed by atoms with van der Waals surface area (Å²) in [4.78, 5) is 2.70. The molecule has 0 aromatic rings. The van der Waals surface area contributed by atoms with Crippen LogP contribution in [-0.2, 0) is 0 Å². The highest BCUT2D eigenvalue weighted by molar-refractivity contribution is 4.79. The normalized spacial score (nSPS) is 22.8. The predicted octanol–water partition coefficient (Wildman–Crippen LogP) is 4.29. The first kappa shape index (κ1) is 18.0. The molecular formula is C18H38N2. The molecule has 1 rings (SSSR count). The van der Waals surface area contributed by atoms with Gasteiger partial charge in [0, 0.05) is 0 Å². The van der Waals surface area contributed by atoms with Crippen molar-refractivity contribution in [2.24, 2.45) is 22.5 Å². The van der Waals surface area contributed by atoms with Crippen molar-refractivity contribution in [3.8, 4) is 0 Å². The second-order valence-corrected chi connectivity index (χ2v) is 8.64. The zero-order chi connectivity index (χ0) is 15.2. The van der Waals surface area contributed by atoms with E-state index in [9.17, 15) is 0 Å². The van der Waals surface area contributed by atoms with E-state index in [1.165, 1.54) is 51.7 Å². The van der Waals surface area contributed by atoms with Gasteiger partial charge in [-0.15, -0.1) is 0 Å². The molecule has 1 aliphatic rings. The van der Waals surface area contributed by atoms with E-state index < -0.39 is 0 Å². The molecule has 120 valence electrons. The van der Waals surface area contributed by atoms with Crippen molar-refractivity contribution in [1.82, 2.24) is 4.90 Å². The third-order valence-corrected chi connectivity index (χ3v) is 5.19. The highest BCUT2D eigenvalue weighted by atomic mass is 15.1. The Morgan fingerprint density at radius 2 is 1.70 bits per heavy atom. The lowest BCUT2D eigenvalue weighted by Gasteiger charge is -2.30. The van der Waals surface area contributed by atoms with Gasteiger partial charge in [-0.1, -0.05) is 34.6 Å². The molecule has 1 atom stereocenters. The highest BCUT2D eigenvalue weighted by Crippen LogP contribution is 2.34. The molecule has 1 heterocycles. The second kappa shape index (κ2) is 7.79. The highest BCUT2D eigenvalue weighted by Gasteiger charge is 2.27. The molecule has 1 unspecified atom stereocenters. The summed E-state index contributed by atoms with van der Waals surface area (Å²) >= 11 is 0. The lowest BCUT2D eigenvalue weighted by Crippen LogP contribution is -2.28. The Kier molecular flexibility index (Phi) is 7.00. The van der Waals surface area contributed by atoms with Crippen molar-refractivity contribution >= 4 is 0 Å². The maximum Gasteiger partial charge on any atom is -0.00159 e. The van der Waals surface area contributed by atoms with E-state index in [1.807, 2.05) is 0 Å². The summed E-state index contributed by atoms with van der Waals surface area (Å²) in [5.74, 6) is 0.904. The molecule has 1 aliphatic heterocycles. The zero-order valence-corrected chi connectivity index (χ0v) is 14.7. The van der Waals surface area contributed by atoms with Crippen LogP contribution in [0.5, 0.6) is 0 Å². The minimum Gasteiger partial charge on any atom is -0.330 e. The van der Waals surface area contributed by atoms with Gasteiger partial charge in [-0.25, -0.2) is 0 Å². The fourth-order valence-electron chi connectivity index (χ4n) is 3.54. The van der Waals surface area contributed by atoms with Crippen molar-refractivity contribution in [3.63, 3.8) is 0 Å². The first-order valence-corrected chi connectivity index (χ1v) is 8.67. The summed E-state index contributed by atoms with van der Waals surface area (Å²) in [6.45, 7) is 16.7. The van der Waals surface area contributed by atoms with E-state index in [0.29, 0.717) is 10.8 Å². The van der Waals surface area contributed by atoms with Crippen LogP contribution in [0.2, 0.25) is 0 Å². The Morgan fingerprint density at radius 1 is 1.00 bits per heavy atom. The van der Waals surface area contributed by atoms with Crippen molar-refractivity contribution in [2.45, 2.75) is 73.1 Å². The van der Waals surface area contributed by atoms with Gasteiger partial charge < -0.3 is 10.6 Å². The van der Waals surface area contributed by atoms with Crippen LogP contribution in [0.1, 0.15) is 73.1 Å². The summed E-state index contributed by atoms with van der Waals surface area (Å²) in [5.41, 5.74) is 6.61. The molecule has 2 nitrogen and oxygen atoms in total. The van der Waals surface area contributed by atoms with E-state index in [1.54, 1.807) is 0 Å². The van der Waals surface area contributed by atoms with Gasteiger partial charge in [0.05, 0.1) is 0 Å². The Labute approximate surface area is 127 Å². The van der Waals surface area contributed by atoms with Crippen molar-refractivity contribution in [1.29, 1.82) is 0 Å². The summed E-state index contributed by atoms with van der Waals surface area (Å²) in [7, 11) is 0. The number of likely N-dealkylation sites (tertiary alicyclic amines) is 1. The standard InChI is InChI=1S/C18H38N2/c1-17(2,3)16-8-6-13-20(15-9-16)14-7-10-18(4,5)11-12-19/h16H,6-15,19H2,1-5H3. The van der Waals surface area contributed by atoms with Crippen molar-refractivity contribution in [2.75, 3.05) is 26.2 Å². The minimum atomic E-state index is 0.425. The average molecular weight is 283 g/mol. The third kappa shape index (κ3) is 6.58. The van der Waals surface area contributed by atoms with Crippen LogP contribution in [0, 0.1) is 16.7 Å². The van der Waals surface area contributed by atoms with Gasteiger partial charge in [0.2, 0.25) is 0 Å². The molecule has 1 saturated heterocycles. The molecule has 2 heteroatoms. The molecule has 0 bridgehead atoms. The van der Waals surface area contributed by atoms with Gasteiger partial charge in [0.25, 0.3) is 0 Å². The van der Waals surface area contributed by atoms with E-state index in [0.717, 1.165) is 18.9 Å². The second-order valence-electron chi connectivity index (χ2n) is 8.64. The fraction of sp³-hybridized carbons (Fsp3) is 1.00. The van der Waals surface area contributed by atoms with Crippen LogP contribution in [0.3, 0.4) is 0 Å². The first-order valence-electron chi connectivity index (χ1n) is 8.67. The van der Waals surface area contributed by atoms with Crippen LogP contribution in [0.25, 0.3) is 0 Å². The topological polar surface area (TPSA) is 29.3 Å². The Morgan fingerprint density at radius 3 is 2.30 bits per heavy atom. The average Bonchev–Trinajstić information content (AvgIpc) is 2.53. The number of nitrogens with zero attached hydrogens (tertiary/aromatic N) is 1. The van der Waals surface area contributed by atoms with Crippen LogP contribution < -0.4 is 5.73 Å². The van der Waals surface area contributed by atoms with Crippen LogP contribution in [0.15, 0.2) is 0 Å². The molecule has 1 fully saturated rings. The fourth-order valence-corrected chi connectivity index (χ4v) is 3.54. The molecule has 0 amide bonds. The summed E-state index contributed by atoms with van der Waals surface area (Å²) in [6, 6.07) is 0. The van der Waals surface area contributed by atoms with Crippen molar-refractivity contribution < 1.29 is 0 Å². The lowest BCUT2D eigenvalue weighted by atomic mass is 9.77. The van der Waals surface area contributed by atoms with Crippen LogP contribution in [-0.4, -0.2) is 31.1 Å². The smallest absolute Gasteiger partial charge is 0.00159 e. The summed E-state index contributed by atoms with van der Waals surface area (Å²) < 4.78 is 0. The maximum absolute atomic E-state index is 5.70. The first-order chi connectivity index (χ1) is 9.24. The molecule has 0 aliphatic carbocycles. The molecule has 0 aromatic heterocycles. The van der Waals surface area contributed by atoms with Crippen LogP contribution >= 0.6 is 0 Å². The Balaban J connectivity index is 2.29.